The van der Waals surface area contributed by atoms with Crippen LogP contribution in [0.3, 0.4) is 0 Å². The summed E-state index contributed by atoms with van der Waals surface area (Å²) in [4.78, 5) is 0. The van der Waals surface area contributed by atoms with Crippen LogP contribution in [0.5, 0.6) is 0 Å². The summed E-state index contributed by atoms with van der Waals surface area (Å²) in [7, 11) is 1.43. The Bertz CT molecular complexity index is 376. The van der Waals surface area contributed by atoms with Crippen molar-refractivity contribution >= 4 is 18.5 Å². The number of hydrogen-bond acceptors (Lipinski definition) is 4. The van der Waals surface area contributed by atoms with Gasteiger partial charge in [-0.1, -0.05) is 19.8 Å². The van der Waals surface area contributed by atoms with Crippen molar-refractivity contribution in [1.82, 2.24) is 0 Å². The van der Waals surface area contributed by atoms with Crippen molar-refractivity contribution in [2.45, 2.75) is 95.7 Å². The minimum absolute atomic E-state index is 0.0770. The van der Waals surface area contributed by atoms with E-state index >= 15 is 0 Å². The summed E-state index contributed by atoms with van der Waals surface area (Å²) in [6.07, 6.45) is 3.89. The van der Waals surface area contributed by atoms with E-state index in [9.17, 15) is 9.50 Å². The van der Waals surface area contributed by atoms with Gasteiger partial charge in [0.1, 0.15) is 12.3 Å². The predicted molar refractivity (Wildman–Crippen MR) is 97.7 cm³/mol. The minimum atomic E-state index is -0.932. The van der Waals surface area contributed by atoms with Gasteiger partial charge in [-0.2, -0.15) is 0 Å². The third kappa shape index (κ3) is 5.45. The van der Waals surface area contributed by atoms with E-state index in [2.05, 4.69) is 29.5 Å². The van der Waals surface area contributed by atoms with Crippen LogP contribution < -0.4 is 0 Å². The molecule has 8 unspecified atom stereocenters. The molecule has 2 rings (SSSR count). The standard InChI is InChI=1S/C17H33FO4PSi/c1-4-5-6-13(18)14(22-24(2)3)8-7-11-12-9-17(19)20-15(12)10-16(11)21-23/h11-17,19H,4-10,23H2,1-3H3/q+1. The molecule has 0 bridgehead atoms. The largest absolute Gasteiger partial charge is 0.467 e. The van der Waals surface area contributed by atoms with Crippen LogP contribution in [0.25, 0.3) is 0 Å². The van der Waals surface area contributed by atoms with Crippen LogP contribution in [0, 0.1) is 11.8 Å². The molecular formula is C17H33FO4PSi+. The minimum Gasteiger partial charge on any atom is -0.368 e. The van der Waals surface area contributed by atoms with Crippen LogP contribution in [0.15, 0.2) is 0 Å². The average Bonchev–Trinajstić information content (AvgIpc) is 3.04. The first-order valence-electron chi connectivity index (χ1n) is 9.26. The highest BCUT2D eigenvalue weighted by atomic mass is 31.0. The van der Waals surface area contributed by atoms with E-state index in [4.69, 9.17) is 13.7 Å². The van der Waals surface area contributed by atoms with Gasteiger partial charge in [-0.15, -0.1) is 0 Å². The zero-order chi connectivity index (χ0) is 17.7. The van der Waals surface area contributed by atoms with Crippen LogP contribution in [-0.2, 0) is 13.7 Å². The Morgan fingerprint density at radius 1 is 1.33 bits per heavy atom. The molecule has 7 heteroatoms. The SMILES string of the molecule is CCCCC(F)C(CCC1C(OP)CC2OC(O)CC21)O[Si+](C)C. The van der Waals surface area contributed by atoms with Gasteiger partial charge in [0.25, 0.3) is 0 Å². The topological polar surface area (TPSA) is 47.9 Å². The van der Waals surface area contributed by atoms with Crippen molar-refractivity contribution < 1.29 is 23.2 Å². The number of aliphatic hydroxyl groups is 1. The van der Waals surface area contributed by atoms with Crippen LogP contribution in [0.1, 0.15) is 51.9 Å². The number of rotatable bonds is 10. The molecule has 0 aromatic rings. The average molecular weight is 380 g/mol. The van der Waals surface area contributed by atoms with E-state index < -0.39 is 21.5 Å². The molecule has 0 spiro atoms. The number of ether oxygens (including phenoxy) is 1. The molecule has 1 saturated heterocycles. The Morgan fingerprint density at radius 3 is 2.71 bits per heavy atom. The van der Waals surface area contributed by atoms with Gasteiger partial charge < -0.3 is 14.4 Å². The smallest absolute Gasteiger partial charge is 0.368 e. The zero-order valence-electron chi connectivity index (χ0n) is 15.1. The maximum Gasteiger partial charge on any atom is 0.467 e. The summed E-state index contributed by atoms with van der Waals surface area (Å²) in [5, 5.41) is 9.74. The van der Waals surface area contributed by atoms with Crippen molar-refractivity contribution in [3.05, 3.63) is 0 Å². The van der Waals surface area contributed by atoms with E-state index in [1.54, 1.807) is 0 Å². The van der Waals surface area contributed by atoms with E-state index in [1.807, 2.05) is 0 Å². The normalized spacial score (nSPS) is 35.0. The summed E-state index contributed by atoms with van der Waals surface area (Å²) >= 11 is 0. The third-order valence-corrected chi connectivity index (χ3v) is 6.48. The van der Waals surface area contributed by atoms with Gasteiger partial charge in [-0.25, -0.2) is 8.82 Å². The molecule has 0 aromatic heterocycles. The molecule has 0 amide bonds. The van der Waals surface area contributed by atoms with Crippen molar-refractivity contribution in [3.63, 3.8) is 0 Å². The Labute approximate surface area is 149 Å². The van der Waals surface area contributed by atoms with E-state index in [1.165, 1.54) is 0 Å². The van der Waals surface area contributed by atoms with Crippen molar-refractivity contribution in [3.8, 4) is 0 Å². The fourth-order valence-corrected chi connectivity index (χ4v) is 5.40. The first kappa shape index (κ1) is 20.7. The molecular weight excluding hydrogens is 346 g/mol. The molecule has 1 heterocycles. The monoisotopic (exact) mass is 379 g/mol. The van der Waals surface area contributed by atoms with Crippen LogP contribution in [-0.4, -0.2) is 44.9 Å². The van der Waals surface area contributed by atoms with Gasteiger partial charge in [0.05, 0.1) is 25.3 Å². The lowest BCUT2D eigenvalue weighted by Crippen LogP contribution is -2.32. The molecule has 24 heavy (non-hydrogen) atoms. The molecule has 2 aliphatic rings. The molecule has 2 fully saturated rings. The maximum atomic E-state index is 14.6. The summed E-state index contributed by atoms with van der Waals surface area (Å²) in [6.45, 7) is 6.21. The zero-order valence-corrected chi connectivity index (χ0v) is 17.3. The second-order valence-corrected chi connectivity index (χ2v) is 9.73. The Morgan fingerprint density at radius 2 is 2.08 bits per heavy atom. The molecule has 1 saturated carbocycles. The lowest BCUT2D eigenvalue weighted by atomic mass is 9.86. The van der Waals surface area contributed by atoms with Crippen molar-refractivity contribution in [2.75, 3.05) is 0 Å². The fourth-order valence-electron chi connectivity index (χ4n) is 4.22. The lowest BCUT2D eigenvalue weighted by molar-refractivity contribution is -0.0939. The van der Waals surface area contributed by atoms with Crippen molar-refractivity contribution in [1.29, 1.82) is 0 Å². The van der Waals surface area contributed by atoms with Gasteiger partial charge in [0.2, 0.25) is 0 Å². The molecule has 4 nitrogen and oxygen atoms in total. The number of alkyl halides is 1. The van der Waals surface area contributed by atoms with Gasteiger partial charge in [0.15, 0.2) is 6.29 Å². The molecule has 1 aliphatic heterocycles. The van der Waals surface area contributed by atoms with Gasteiger partial charge in [0, 0.05) is 22.3 Å². The Kier molecular flexibility index (Phi) is 8.58. The van der Waals surface area contributed by atoms with Crippen LogP contribution in [0.4, 0.5) is 4.39 Å². The van der Waals surface area contributed by atoms with Crippen LogP contribution in [0.2, 0.25) is 13.1 Å². The molecule has 1 aliphatic carbocycles. The predicted octanol–water partition coefficient (Wildman–Crippen LogP) is 3.85. The first-order chi connectivity index (χ1) is 11.5. The highest BCUT2D eigenvalue weighted by Gasteiger charge is 2.49. The van der Waals surface area contributed by atoms with Gasteiger partial charge >= 0.3 is 9.04 Å². The number of halogens is 1. The number of hydrogen-bond donors (Lipinski definition) is 1. The van der Waals surface area contributed by atoms with E-state index in [-0.39, 0.29) is 18.3 Å². The lowest BCUT2D eigenvalue weighted by Gasteiger charge is -2.25. The van der Waals surface area contributed by atoms with Crippen molar-refractivity contribution in [2.24, 2.45) is 11.8 Å². The van der Waals surface area contributed by atoms with Gasteiger partial charge in [-0.05, 0) is 31.1 Å². The second kappa shape index (κ2) is 9.93. The Balaban J connectivity index is 1.93. The quantitative estimate of drug-likeness (QED) is 0.463. The summed E-state index contributed by atoms with van der Waals surface area (Å²) in [5.74, 6) is 0.617. The molecule has 1 N–H and O–H groups in total. The number of aliphatic hydroxyl groups excluding tert-OH is 1. The van der Waals surface area contributed by atoms with E-state index in [0.717, 1.165) is 32.1 Å². The molecule has 0 radical (unpaired) electrons. The molecule has 8 atom stereocenters. The molecule has 140 valence electrons. The second-order valence-electron chi connectivity index (χ2n) is 7.40. The highest BCUT2D eigenvalue weighted by molar-refractivity contribution is 7.09. The number of unbranched alkanes of at least 4 members (excludes halogenated alkanes) is 1. The fraction of sp³-hybridized carbons (Fsp3) is 1.00. The summed E-state index contributed by atoms with van der Waals surface area (Å²) in [6, 6.07) is 0. The Hall–Kier alpha value is 0.417. The first-order valence-corrected chi connectivity index (χ1v) is 12.1. The summed E-state index contributed by atoms with van der Waals surface area (Å²) < 4.78 is 31.7. The van der Waals surface area contributed by atoms with Crippen LogP contribution >= 0.6 is 9.47 Å². The summed E-state index contributed by atoms with van der Waals surface area (Å²) in [5.41, 5.74) is 0. The third-order valence-electron chi connectivity index (χ3n) is 5.36. The maximum absolute atomic E-state index is 14.6. The number of fused-ring (bicyclic) bond motifs is 1. The molecule has 0 aromatic carbocycles. The highest BCUT2D eigenvalue weighted by Crippen LogP contribution is 2.46. The van der Waals surface area contributed by atoms with Gasteiger partial charge in [-0.3, -0.25) is 0 Å². The van der Waals surface area contributed by atoms with E-state index in [0.29, 0.717) is 24.7 Å².